The van der Waals surface area contributed by atoms with E-state index < -0.39 is 0 Å². The van der Waals surface area contributed by atoms with E-state index in [0.29, 0.717) is 5.89 Å². The third kappa shape index (κ3) is 3.18. The van der Waals surface area contributed by atoms with Gasteiger partial charge < -0.3 is 9.73 Å². The van der Waals surface area contributed by atoms with Gasteiger partial charge in [0.15, 0.2) is 5.58 Å². The smallest absolute Gasteiger partial charge is 0.227 e. The van der Waals surface area contributed by atoms with Crippen molar-refractivity contribution in [2.75, 3.05) is 5.32 Å². The molecule has 0 radical (unpaired) electrons. The lowest BCUT2D eigenvalue weighted by molar-refractivity contribution is -0.118. The fraction of sp³-hybridized carbons (Fsp3) is 0.300. The summed E-state index contributed by atoms with van der Waals surface area (Å²) in [5.41, 5.74) is 5.53. The van der Waals surface area contributed by atoms with Crippen molar-refractivity contribution in [1.82, 2.24) is 4.98 Å². The van der Waals surface area contributed by atoms with E-state index in [0.717, 1.165) is 34.3 Å². The number of fused-ring (bicyclic) bond motifs is 1. The summed E-state index contributed by atoms with van der Waals surface area (Å²) < 4.78 is 5.88. The summed E-state index contributed by atoms with van der Waals surface area (Å²) >= 11 is 0. The Morgan fingerprint density at radius 3 is 2.71 bits per heavy atom. The van der Waals surface area contributed by atoms with Gasteiger partial charge in [0, 0.05) is 17.2 Å². The molecule has 0 saturated heterocycles. The maximum absolute atomic E-state index is 12.0. The molecule has 1 aromatic heterocycles. The van der Waals surface area contributed by atoms with Gasteiger partial charge in [-0.3, -0.25) is 4.79 Å². The second-order valence-corrected chi connectivity index (χ2v) is 6.35. The molecule has 0 saturated carbocycles. The topological polar surface area (TPSA) is 55.1 Å². The highest BCUT2D eigenvalue weighted by Crippen LogP contribution is 2.28. The van der Waals surface area contributed by atoms with Gasteiger partial charge in [-0.2, -0.15) is 0 Å². The number of rotatable bonds is 4. The van der Waals surface area contributed by atoms with E-state index in [4.69, 9.17) is 4.42 Å². The molecule has 0 atom stereocenters. The molecule has 3 aromatic rings. The standard InChI is InChI=1S/C20H22N2O2/c1-5-14-7-9-18-17(10-14)22-20(24-18)15-8-6-13(4)16(11-15)21-19(23)12(2)3/h6-12H,5H2,1-4H3,(H,21,23). The molecule has 124 valence electrons. The number of aromatic nitrogens is 1. The van der Waals surface area contributed by atoms with Crippen molar-refractivity contribution in [1.29, 1.82) is 0 Å². The van der Waals surface area contributed by atoms with Crippen LogP contribution in [0.15, 0.2) is 40.8 Å². The summed E-state index contributed by atoms with van der Waals surface area (Å²) in [4.78, 5) is 16.6. The van der Waals surface area contributed by atoms with E-state index in [-0.39, 0.29) is 11.8 Å². The average Bonchev–Trinajstić information content (AvgIpc) is 2.99. The molecule has 1 amide bonds. The lowest BCUT2D eigenvalue weighted by Gasteiger charge is -2.11. The maximum Gasteiger partial charge on any atom is 0.227 e. The number of hydrogen-bond acceptors (Lipinski definition) is 3. The lowest BCUT2D eigenvalue weighted by Crippen LogP contribution is -2.18. The summed E-state index contributed by atoms with van der Waals surface area (Å²) in [7, 11) is 0. The van der Waals surface area contributed by atoms with Crippen LogP contribution in [-0.2, 0) is 11.2 Å². The number of amides is 1. The number of oxazole rings is 1. The van der Waals surface area contributed by atoms with Crippen LogP contribution in [0.5, 0.6) is 0 Å². The number of anilines is 1. The molecule has 0 fully saturated rings. The van der Waals surface area contributed by atoms with Gasteiger partial charge in [0.1, 0.15) is 5.52 Å². The molecule has 0 spiro atoms. The van der Waals surface area contributed by atoms with Gasteiger partial charge in [-0.1, -0.05) is 32.9 Å². The Bertz CT molecular complexity index is 894. The third-order valence-corrected chi connectivity index (χ3v) is 4.13. The first-order valence-electron chi connectivity index (χ1n) is 8.29. The number of benzene rings is 2. The van der Waals surface area contributed by atoms with Crippen molar-refractivity contribution in [2.45, 2.75) is 34.1 Å². The van der Waals surface area contributed by atoms with Crippen LogP contribution in [-0.4, -0.2) is 10.9 Å². The van der Waals surface area contributed by atoms with Gasteiger partial charge in [-0.05, 0) is 48.7 Å². The molecular weight excluding hydrogens is 300 g/mol. The highest BCUT2D eigenvalue weighted by molar-refractivity contribution is 5.93. The van der Waals surface area contributed by atoms with Crippen LogP contribution in [0.4, 0.5) is 5.69 Å². The van der Waals surface area contributed by atoms with Crippen LogP contribution in [0.25, 0.3) is 22.6 Å². The minimum atomic E-state index is -0.0650. The van der Waals surface area contributed by atoms with Crippen LogP contribution in [0, 0.1) is 12.8 Å². The van der Waals surface area contributed by atoms with Gasteiger partial charge in [0.05, 0.1) is 0 Å². The first-order valence-corrected chi connectivity index (χ1v) is 8.29. The van der Waals surface area contributed by atoms with Crippen LogP contribution in [0.1, 0.15) is 31.9 Å². The Labute approximate surface area is 141 Å². The number of hydrogen-bond donors (Lipinski definition) is 1. The zero-order valence-corrected chi connectivity index (χ0v) is 14.5. The van der Waals surface area contributed by atoms with Crippen LogP contribution in [0.3, 0.4) is 0 Å². The van der Waals surface area contributed by atoms with E-state index in [9.17, 15) is 4.79 Å². The van der Waals surface area contributed by atoms with Gasteiger partial charge in [0.25, 0.3) is 0 Å². The Hall–Kier alpha value is -2.62. The van der Waals surface area contributed by atoms with E-state index in [2.05, 4.69) is 29.4 Å². The average molecular weight is 322 g/mol. The highest BCUT2D eigenvalue weighted by Gasteiger charge is 2.13. The molecule has 0 aliphatic rings. The number of nitrogens with zero attached hydrogens (tertiary/aromatic N) is 1. The van der Waals surface area contributed by atoms with Crippen LogP contribution in [0.2, 0.25) is 0 Å². The second kappa shape index (κ2) is 6.48. The van der Waals surface area contributed by atoms with Crippen LogP contribution >= 0.6 is 0 Å². The zero-order chi connectivity index (χ0) is 17.3. The van der Waals surface area contributed by atoms with Crippen molar-refractivity contribution in [2.24, 2.45) is 5.92 Å². The summed E-state index contributed by atoms with van der Waals surface area (Å²) in [6.07, 6.45) is 0.966. The van der Waals surface area contributed by atoms with Gasteiger partial charge in [-0.15, -0.1) is 0 Å². The predicted octanol–water partition coefficient (Wildman–Crippen LogP) is 4.96. The fourth-order valence-corrected chi connectivity index (χ4v) is 2.48. The Morgan fingerprint density at radius 2 is 2.00 bits per heavy atom. The summed E-state index contributed by atoms with van der Waals surface area (Å²) in [5, 5.41) is 2.96. The molecular formula is C20H22N2O2. The molecule has 0 aliphatic carbocycles. The number of carbonyl (C=O) groups excluding carboxylic acids is 1. The van der Waals surface area contributed by atoms with Crippen molar-refractivity contribution in [3.63, 3.8) is 0 Å². The SMILES string of the molecule is CCc1ccc2oc(-c3ccc(C)c(NC(=O)C(C)C)c3)nc2c1. The largest absolute Gasteiger partial charge is 0.436 e. The second-order valence-electron chi connectivity index (χ2n) is 6.35. The van der Waals surface area contributed by atoms with Crippen molar-refractivity contribution in [3.05, 3.63) is 47.5 Å². The van der Waals surface area contributed by atoms with Gasteiger partial charge in [0.2, 0.25) is 11.8 Å². The molecule has 1 N–H and O–H groups in total. The Kier molecular flexibility index (Phi) is 4.38. The quantitative estimate of drug-likeness (QED) is 0.738. The van der Waals surface area contributed by atoms with Crippen molar-refractivity contribution >= 4 is 22.7 Å². The fourth-order valence-electron chi connectivity index (χ4n) is 2.48. The molecule has 0 aliphatic heterocycles. The minimum Gasteiger partial charge on any atom is -0.436 e. The highest BCUT2D eigenvalue weighted by atomic mass is 16.3. The first-order chi connectivity index (χ1) is 11.5. The third-order valence-electron chi connectivity index (χ3n) is 4.13. The Morgan fingerprint density at radius 1 is 1.21 bits per heavy atom. The van der Waals surface area contributed by atoms with Crippen molar-refractivity contribution < 1.29 is 9.21 Å². The molecule has 1 heterocycles. The monoisotopic (exact) mass is 322 g/mol. The Balaban J connectivity index is 1.98. The van der Waals surface area contributed by atoms with Gasteiger partial charge >= 0.3 is 0 Å². The molecule has 3 rings (SSSR count). The number of carbonyl (C=O) groups is 1. The molecule has 0 unspecified atom stereocenters. The van der Waals surface area contributed by atoms with E-state index >= 15 is 0 Å². The summed E-state index contributed by atoms with van der Waals surface area (Å²) in [5.74, 6) is 0.503. The predicted molar refractivity (Wildman–Crippen MR) is 97.0 cm³/mol. The van der Waals surface area contributed by atoms with E-state index in [1.165, 1.54) is 5.56 Å². The van der Waals surface area contributed by atoms with E-state index in [1.54, 1.807) is 0 Å². The molecule has 4 nitrogen and oxygen atoms in total. The number of nitrogens with one attached hydrogen (secondary N) is 1. The van der Waals surface area contributed by atoms with E-state index in [1.807, 2.05) is 45.0 Å². The van der Waals surface area contributed by atoms with Gasteiger partial charge in [-0.25, -0.2) is 4.98 Å². The summed E-state index contributed by atoms with van der Waals surface area (Å²) in [6, 6.07) is 11.9. The summed E-state index contributed by atoms with van der Waals surface area (Å²) in [6.45, 7) is 7.84. The molecule has 24 heavy (non-hydrogen) atoms. The number of aryl methyl sites for hydroxylation is 2. The maximum atomic E-state index is 12.0. The molecule has 2 aromatic carbocycles. The lowest BCUT2D eigenvalue weighted by atomic mass is 10.1. The first kappa shape index (κ1) is 16.2. The normalized spacial score (nSPS) is 11.2. The van der Waals surface area contributed by atoms with Crippen molar-refractivity contribution in [3.8, 4) is 11.5 Å². The van der Waals surface area contributed by atoms with Crippen LogP contribution < -0.4 is 5.32 Å². The molecule has 0 bridgehead atoms. The zero-order valence-electron chi connectivity index (χ0n) is 14.5. The minimum absolute atomic E-state index is 0.000373. The molecule has 4 heteroatoms.